The molecule has 6 atom stereocenters. The minimum absolute atomic E-state index is 0.357. The van der Waals surface area contributed by atoms with Crippen LogP contribution in [-0.2, 0) is 21.3 Å². The number of rotatable bonds is 3. The lowest BCUT2D eigenvalue weighted by molar-refractivity contribution is -0.197. The first kappa shape index (κ1) is 16.8. The van der Waals surface area contributed by atoms with Gasteiger partial charge in [-0.1, -0.05) is 0 Å². The molecule has 6 nitrogen and oxygen atoms in total. The lowest BCUT2D eigenvalue weighted by Crippen LogP contribution is -2.49. The molecule has 2 bridgehead atoms. The van der Waals surface area contributed by atoms with Crippen molar-refractivity contribution in [2.75, 3.05) is 6.61 Å². The Morgan fingerprint density at radius 1 is 1.32 bits per heavy atom. The number of nitrogens with zero attached hydrogens (tertiary/aromatic N) is 2. The molecule has 0 saturated carbocycles. The van der Waals surface area contributed by atoms with E-state index in [-0.39, 0.29) is 12.1 Å². The van der Waals surface area contributed by atoms with Gasteiger partial charge in [0.1, 0.15) is 6.10 Å². The molecule has 3 aliphatic heterocycles. The summed E-state index contributed by atoms with van der Waals surface area (Å²) < 4.78 is 52.9. The van der Waals surface area contributed by atoms with Gasteiger partial charge in [-0.3, -0.25) is 9.48 Å². The maximum absolute atomic E-state index is 13.4. The van der Waals surface area contributed by atoms with E-state index >= 15 is 0 Å². The topological polar surface area (TPSA) is 65.4 Å². The van der Waals surface area contributed by atoms with Crippen LogP contribution in [0.2, 0.25) is 0 Å². The number of fused-ring (bicyclic) bond motifs is 2. The van der Waals surface area contributed by atoms with Gasteiger partial charge >= 0.3 is 6.18 Å². The Labute approximate surface area is 142 Å². The second-order valence-electron chi connectivity index (χ2n) is 7.03. The molecular formula is C16H20F3N3O3. The van der Waals surface area contributed by atoms with Crippen molar-refractivity contribution in [3.63, 3.8) is 0 Å². The maximum atomic E-state index is 13.4. The molecule has 3 fully saturated rings. The third kappa shape index (κ3) is 2.93. The molecule has 0 aliphatic carbocycles. The van der Waals surface area contributed by atoms with Gasteiger partial charge in [-0.25, -0.2) is 0 Å². The zero-order chi connectivity index (χ0) is 17.8. The first-order valence-corrected chi connectivity index (χ1v) is 8.47. The molecule has 3 saturated heterocycles. The van der Waals surface area contributed by atoms with Crippen LogP contribution in [0.5, 0.6) is 0 Å². The fourth-order valence-corrected chi connectivity index (χ4v) is 4.36. The highest BCUT2D eigenvalue weighted by molar-refractivity contribution is 5.80. The fourth-order valence-electron chi connectivity index (χ4n) is 4.36. The van der Waals surface area contributed by atoms with Crippen LogP contribution >= 0.6 is 0 Å². The highest BCUT2D eigenvalue weighted by Gasteiger charge is 2.62. The largest absolute Gasteiger partial charge is 0.395 e. The lowest BCUT2D eigenvalue weighted by Gasteiger charge is -2.30. The highest BCUT2D eigenvalue weighted by Crippen LogP contribution is 2.50. The number of carbonyl (C=O) groups excluding carboxylic acids is 1. The van der Waals surface area contributed by atoms with Crippen LogP contribution in [0.25, 0.3) is 0 Å². The first-order chi connectivity index (χ1) is 11.8. The van der Waals surface area contributed by atoms with Crippen LogP contribution in [0.4, 0.5) is 13.2 Å². The van der Waals surface area contributed by atoms with E-state index in [1.54, 1.807) is 24.1 Å². The predicted molar refractivity (Wildman–Crippen MR) is 79.4 cm³/mol. The highest BCUT2D eigenvalue weighted by atomic mass is 19.4. The Morgan fingerprint density at radius 3 is 2.76 bits per heavy atom. The quantitative estimate of drug-likeness (QED) is 0.893. The SMILES string of the molecule is Cn1cc([C@@H]2OCC[C@H]2NC(=O)C2C3CCC(O3)C2C(F)(F)F)cn1. The summed E-state index contributed by atoms with van der Waals surface area (Å²) >= 11 is 0. The summed E-state index contributed by atoms with van der Waals surface area (Å²) in [6, 6.07) is -0.357. The third-order valence-corrected chi connectivity index (χ3v) is 5.43. The summed E-state index contributed by atoms with van der Waals surface area (Å²) in [5, 5.41) is 6.87. The van der Waals surface area contributed by atoms with Crippen molar-refractivity contribution in [1.82, 2.24) is 15.1 Å². The molecule has 138 valence electrons. The summed E-state index contributed by atoms with van der Waals surface area (Å²) in [7, 11) is 1.77. The number of hydrogen-bond acceptors (Lipinski definition) is 4. The molecule has 25 heavy (non-hydrogen) atoms. The van der Waals surface area contributed by atoms with Crippen LogP contribution in [0.3, 0.4) is 0 Å². The third-order valence-electron chi connectivity index (χ3n) is 5.43. The second-order valence-corrected chi connectivity index (χ2v) is 7.03. The number of hydrogen-bond donors (Lipinski definition) is 1. The number of nitrogens with one attached hydrogen (secondary N) is 1. The van der Waals surface area contributed by atoms with E-state index < -0.39 is 36.1 Å². The van der Waals surface area contributed by atoms with E-state index in [9.17, 15) is 18.0 Å². The molecule has 1 amide bonds. The van der Waals surface area contributed by atoms with Gasteiger partial charge in [-0.2, -0.15) is 18.3 Å². The number of aromatic nitrogens is 2. The van der Waals surface area contributed by atoms with Crippen molar-refractivity contribution in [1.29, 1.82) is 0 Å². The normalized spacial score (nSPS) is 37.6. The lowest BCUT2D eigenvalue weighted by atomic mass is 9.78. The monoisotopic (exact) mass is 359 g/mol. The van der Waals surface area contributed by atoms with Crippen molar-refractivity contribution < 1.29 is 27.4 Å². The van der Waals surface area contributed by atoms with Gasteiger partial charge in [0.15, 0.2) is 0 Å². The van der Waals surface area contributed by atoms with Gasteiger partial charge in [0, 0.05) is 25.4 Å². The maximum Gasteiger partial charge on any atom is 0.395 e. The molecule has 0 radical (unpaired) electrons. The van der Waals surface area contributed by atoms with Gasteiger partial charge in [0.25, 0.3) is 0 Å². The number of alkyl halides is 3. The number of ether oxygens (including phenoxy) is 2. The van der Waals surface area contributed by atoms with Gasteiger partial charge < -0.3 is 14.8 Å². The van der Waals surface area contributed by atoms with Crippen LogP contribution < -0.4 is 5.32 Å². The molecule has 4 rings (SSSR count). The van der Waals surface area contributed by atoms with Crippen LogP contribution in [0, 0.1) is 11.8 Å². The van der Waals surface area contributed by atoms with Crippen molar-refractivity contribution in [3.8, 4) is 0 Å². The van der Waals surface area contributed by atoms with Gasteiger partial charge in [-0.05, 0) is 19.3 Å². The molecule has 0 aromatic carbocycles. The molecule has 9 heteroatoms. The number of amides is 1. The molecule has 4 unspecified atom stereocenters. The number of aryl methyl sites for hydroxylation is 1. The number of halogens is 3. The molecule has 4 heterocycles. The Hall–Kier alpha value is -1.61. The molecule has 1 aromatic rings. The average Bonchev–Trinajstić information content (AvgIpc) is 3.28. The minimum atomic E-state index is -4.43. The van der Waals surface area contributed by atoms with E-state index in [0.29, 0.717) is 25.9 Å². The minimum Gasteiger partial charge on any atom is -0.373 e. The average molecular weight is 359 g/mol. The van der Waals surface area contributed by atoms with E-state index in [0.717, 1.165) is 5.56 Å². The second kappa shape index (κ2) is 5.98. The van der Waals surface area contributed by atoms with E-state index in [1.807, 2.05) is 0 Å². The Kier molecular flexibility index (Phi) is 4.03. The molecule has 0 spiro atoms. The Morgan fingerprint density at radius 2 is 2.08 bits per heavy atom. The van der Waals surface area contributed by atoms with Crippen molar-refractivity contribution in [2.24, 2.45) is 18.9 Å². The van der Waals surface area contributed by atoms with Crippen molar-refractivity contribution in [3.05, 3.63) is 18.0 Å². The van der Waals surface area contributed by atoms with E-state index in [1.165, 1.54) is 0 Å². The van der Waals surface area contributed by atoms with Crippen LogP contribution in [0.1, 0.15) is 30.9 Å². The summed E-state index contributed by atoms with van der Waals surface area (Å²) in [4.78, 5) is 12.7. The van der Waals surface area contributed by atoms with Gasteiger partial charge in [0.2, 0.25) is 5.91 Å². The number of carbonyl (C=O) groups is 1. The van der Waals surface area contributed by atoms with Crippen molar-refractivity contribution in [2.45, 2.75) is 49.8 Å². The molecule has 3 aliphatic rings. The zero-order valence-corrected chi connectivity index (χ0v) is 13.7. The van der Waals surface area contributed by atoms with Crippen LogP contribution in [0.15, 0.2) is 12.4 Å². The molecular weight excluding hydrogens is 339 g/mol. The van der Waals surface area contributed by atoms with Gasteiger partial charge in [-0.15, -0.1) is 0 Å². The first-order valence-electron chi connectivity index (χ1n) is 8.47. The smallest absolute Gasteiger partial charge is 0.373 e. The Bertz CT molecular complexity index is 663. The van der Waals surface area contributed by atoms with Gasteiger partial charge in [0.05, 0.1) is 36.3 Å². The summed E-state index contributed by atoms with van der Waals surface area (Å²) in [5.74, 6) is -3.47. The standard InChI is InChI=1S/C16H20F3N3O3/c1-22-7-8(6-20-22)14-9(4-5-24-14)21-15(23)12-10-2-3-11(25-10)13(12)16(17,18)19/h6-7,9-14H,2-5H2,1H3,(H,21,23)/t9-,10?,11?,12?,13?,14+/m1/s1. The van der Waals surface area contributed by atoms with Crippen LogP contribution in [-0.4, -0.2) is 46.7 Å². The Balaban J connectivity index is 1.49. The van der Waals surface area contributed by atoms with Crippen molar-refractivity contribution >= 4 is 5.91 Å². The fraction of sp³-hybridized carbons (Fsp3) is 0.750. The molecule has 1 aromatic heterocycles. The molecule has 1 N–H and O–H groups in total. The summed E-state index contributed by atoms with van der Waals surface area (Å²) in [6.07, 6.45) is -1.50. The van der Waals surface area contributed by atoms with E-state index in [2.05, 4.69) is 10.4 Å². The van der Waals surface area contributed by atoms with E-state index in [4.69, 9.17) is 9.47 Å². The summed E-state index contributed by atoms with van der Waals surface area (Å²) in [5.41, 5.74) is 0.807. The predicted octanol–water partition coefficient (Wildman–Crippen LogP) is 1.72. The summed E-state index contributed by atoms with van der Waals surface area (Å²) in [6.45, 7) is 0.445. The zero-order valence-electron chi connectivity index (χ0n) is 13.7.